The van der Waals surface area contributed by atoms with E-state index in [0.29, 0.717) is 0 Å². The highest BCUT2D eigenvalue weighted by Crippen LogP contribution is 2.19. The molecule has 1 fully saturated rings. The van der Waals surface area contributed by atoms with Gasteiger partial charge in [0.1, 0.15) is 6.17 Å². The summed E-state index contributed by atoms with van der Waals surface area (Å²) >= 11 is 0. The second-order valence-electron chi connectivity index (χ2n) is 5.29. The molecule has 1 aliphatic rings. The van der Waals surface area contributed by atoms with Gasteiger partial charge in [-0.3, -0.25) is 25.2 Å². The number of aliphatic imine (C=N–C) groups is 1. The van der Waals surface area contributed by atoms with Crippen molar-refractivity contribution in [2.45, 2.75) is 12.6 Å². The third-order valence-electron chi connectivity index (χ3n) is 3.71. The van der Waals surface area contributed by atoms with E-state index in [9.17, 15) is 0 Å². The van der Waals surface area contributed by atoms with Gasteiger partial charge >= 0.3 is 0 Å². The minimum absolute atomic E-state index is 0.237. The van der Waals surface area contributed by atoms with E-state index in [1.807, 2.05) is 42.7 Å². The number of aromatic nitrogens is 2. The minimum Gasteiger partial charge on any atom is -0.295 e. The Morgan fingerprint density at radius 3 is 2.82 bits per heavy atom. The molecule has 0 aromatic carbocycles. The summed E-state index contributed by atoms with van der Waals surface area (Å²) in [7, 11) is 0. The summed E-state index contributed by atoms with van der Waals surface area (Å²) in [4.78, 5) is 15.6. The fourth-order valence-electron chi connectivity index (χ4n) is 2.65. The Morgan fingerprint density at radius 1 is 1.18 bits per heavy atom. The lowest BCUT2D eigenvalue weighted by atomic mass is 10.2. The summed E-state index contributed by atoms with van der Waals surface area (Å²) < 4.78 is 0. The van der Waals surface area contributed by atoms with Gasteiger partial charge in [-0.2, -0.15) is 0 Å². The van der Waals surface area contributed by atoms with Crippen molar-refractivity contribution in [1.82, 2.24) is 20.2 Å². The van der Waals surface area contributed by atoms with Crippen molar-refractivity contribution in [3.05, 3.63) is 60.2 Å². The van der Waals surface area contributed by atoms with Crippen molar-refractivity contribution in [2.75, 3.05) is 26.2 Å². The lowest BCUT2D eigenvalue weighted by molar-refractivity contribution is 0.239. The Bertz CT molecular complexity index is 585. The maximum absolute atomic E-state index is 4.45. The molecule has 1 atom stereocenters. The molecule has 0 aliphatic carbocycles. The van der Waals surface area contributed by atoms with E-state index in [2.05, 4.69) is 31.2 Å². The van der Waals surface area contributed by atoms with Crippen LogP contribution in [0.5, 0.6) is 0 Å². The summed E-state index contributed by atoms with van der Waals surface area (Å²) in [5, 5.41) is 3.50. The third-order valence-corrected chi connectivity index (χ3v) is 3.71. The zero-order valence-electron chi connectivity index (χ0n) is 12.6. The zero-order chi connectivity index (χ0) is 15.0. The molecule has 2 aromatic rings. The van der Waals surface area contributed by atoms with Gasteiger partial charge in [0.2, 0.25) is 0 Å². The van der Waals surface area contributed by atoms with E-state index >= 15 is 0 Å². The Kier molecular flexibility index (Phi) is 5.23. The van der Waals surface area contributed by atoms with Crippen LogP contribution in [0.4, 0.5) is 0 Å². The topological polar surface area (TPSA) is 53.4 Å². The second-order valence-corrected chi connectivity index (χ2v) is 5.29. The molecule has 0 radical (unpaired) electrons. The molecule has 5 nitrogen and oxygen atoms in total. The highest BCUT2D eigenvalue weighted by molar-refractivity contribution is 5.76. The average Bonchev–Trinajstić information content (AvgIpc) is 3.05. The predicted octanol–water partition coefficient (Wildman–Crippen LogP) is 1.89. The highest BCUT2D eigenvalue weighted by Gasteiger charge is 2.25. The number of hydrogen-bond acceptors (Lipinski definition) is 5. The van der Waals surface area contributed by atoms with Crippen molar-refractivity contribution in [2.24, 2.45) is 4.99 Å². The van der Waals surface area contributed by atoms with E-state index in [-0.39, 0.29) is 6.17 Å². The Labute approximate surface area is 131 Å². The fraction of sp³-hybridized carbons (Fsp3) is 0.353. The van der Waals surface area contributed by atoms with Crippen LogP contribution in [-0.4, -0.2) is 47.3 Å². The van der Waals surface area contributed by atoms with Crippen LogP contribution in [-0.2, 0) is 0 Å². The molecule has 1 aliphatic heterocycles. The maximum Gasteiger partial charge on any atom is 0.104 e. The third kappa shape index (κ3) is 3.96. The van der Waals surface area contributed by atoms with Gasteiger partial charge < -0.3 is 0 Å². The molecule has 1 unspecified atom stereocenters. The molecule has 0 bridgehead atoms. The predicted molar refractivity (Wildman–Crippen MR) is 87.9 cm³/mol. The first kappa shape index (κ1) is 14.8. The first-order valence-electron chi connectivity index (χ1n) is 7.73. The maximum atomic E-state index is 4.45. The van der Waals surface area contributed by atoms with E-state index in [1.165, 1.54) is 0 Å². The van der Waals surface area contributed by atoms with Gasteiger partial charge in [-0.05, 0) is 30.7 Å². The van der Waals surface area contributed by atoms with Gasteiger partial charge in [0.15, 0.2) is 0 Å². The first-order chi connectivity index (χ1) is 10.9. The standard InChI is InChI=1S/C17H21N5/c1-3-9-19-15(6-1)14-18-8-5-12-22-13-11-21-17(22)16-7-2-4-10-20-16/h1-4,6-7,9-10,14,17,21H,5,8,11-13H2. The number of hydrogen-bond donors (Lipinski definition) is 1. The molecule has 0 spiro atoms. The molecule has 114 valence electrons. The van der Waals surface area contributed by atoms with Crippen LogP contribution in [0.1, 0.15) is 24.0 Å². The van der Waals surface area contributed by atoms with Gasteiger partial charge in [-0.25, -0.2) is 0 Å². The van der Waals surface area contributed by atoms with Gasteiger partial charge in [0.05, 0.1) is 11.4 Å². The summed E-state index contributed by atoms with van der Waals surface area (Å²) in [5.74, 6) is 0. The largest absolute Gasteiger partial charge is 0.295 e. The average molecular weight is 295 g/mol. The molecule has 0 saturated carbocycles. The van der Waals surface area contributed by atoms with Crippen molar-refractivity contribution in [3.8, 4) is 0 Å². The van der Waals surface area contributed by atoms with E-state index < -0.39 is 0 Å². The lowest BCUT2D eigenvalue weighted by Gasteiger charge is -2.23. The number of rotatable bonds is 6. The van der Waals surface area contributed by atoms with Crippen molar-refractivity contribution < 1.29 is 0 Å². The number of pyridine rings is 2. The monoisotopic (exact) mass is 295 g/mol. The molecule has 0 amide bonds. The van der Waals surface area contributed by atoms with Crippen LogP contribution in [0.2, 0.25) is 0 Å². The van der Waals surface area contributed by atoms with Crippen molar-refractivity contribution >= 4 is 6.21 Å². The lowest BCUT2D eigenvalue weighted by Crippen LogP contribution is -2.29. The molecule has 2 aromatic heterocycles. The van der Waals surface area contributed by atoms with Gasteiger partial charge in [-0.15, -0.1) is 0 Å². The highest BCUT2D eigenvalue weighted by atomic mass is 15.3. The Hall–Kier alpha value is -2.11. The minimum atomic E-state index is 0.237. The Balaban J connectivity index is 1.46. The van der Waals surface area contributed by atoms with Crippen molar-refractivity contribution in [1.29, 1.82) is 0 Å². The SMILES string of the molecule is C(=NCCCN1CCNC1c1ccccn1)c1ccccn1. The molecule has 3 rings (SSSR count). The summed E-state index contributed by atoms with van der Waals surface area (Å²) in [6, 6.07) is 11.9. The summed E-state index contributed by atoms with van der Waals surface area (Å²) in [6.45, 7) is 3.92. The smallest absolute Gasteiger partial charge is 0.104 e. The van der Waals surface area contributed by atoms with E-state index in [4.69, 9.17) is 0 Å². The molecule has 22 heavy (non-hydrogen) atoms. The van der Waals surface area contributed by atoms with Crippen LogP contribution in [0, 0.1) is 0 Å². The molecule has 1 N–H and O–H groups in total. The normalized spacial score (nSPS) is 19.0. The number of nitrogens with one attached hydrogen (secondary N) is 1. The quantitative estimate of drug-likeness (QED) is 0.653. The summed E-state index contributed by atoms with van der Waals surface area (Å²) in [6.07, 6.45) is 6.76. The van der Waals surface area contributed by atoms with Gasteiger partial charge in [-0.1, -0.05) is 12.1 Å². The number of nitrogens with zero attached hydrogens (tertiary/aromatic N) is 4. The van der Waals surface area contributed by atoms with Crippen LogP contribution < -0.4 is 5.32 Å². The zero-order valence-corrected chi connectivity index (χ0v) is 12.6. The van der Waals surface area contributed by atoms with Gasteiger partial charge in [0.25, 0.3) is 0 Å². The second kappa shape index (κ2) is 7.77. The van der Waals surface area contributed by atoms with Crippen LogP contribution in [0.15, 0.2) is 53.8 Å². The fourth-order valence-corrected chi connectivity index (χ4v) is 2.65. The van der Waals surface area contributed by atoms with E-state index in [1.54, 1.807) is 6.20 Å². The van der Waals surface area contributed by atoms with Gasteiger partial charge in [0, 0.05) is 44.8 Å². The van der Waals surface area contributed by atoms with Crippen LogP contribution in [0.25, 0.3) is 0 Å². The molecule has 5 heteroatoms. The molecule has 3 heterocycles. The molecular formula is C17H21N5. The van der Waals surface area contributed by atoms with Crippen LogP contribution >= 0.6 is 0 Å². The molecular weight excluding hydrogens is 274 g/mol. The first-order valence-corrected chi connectivity index (χ1v) is 7.73. The Morgan fingerprint density at radius 2 is 2.05 bits per heavy atom. The van der Waals surface area contributed by atoms with E-state index in [0.717, 1.165) is 44.0 Å². The molecule has 1 saturated heterocycles. The van der Waals surface area contributed by atoms with Crippen molar-refractivity contribution in [3.63, 3.8) is 0 Å². The van der Waals surface area contributed by atoms with Crippen LogP contribution in [0.3, 0.4) is 0 Å². The summed E-state index contributed by atoms with van der Waals surface area (Å²) in [5.41, 5.74) is 2.01.